The van der Waals surface area contributed by atoms with Crippen LogP contribution >= 0.6 is 11.3 Å². The number of aromatic nitrogens is 1. The number of hydrogen-bond acceptors (Lipinski definition) is 8. The van der Waals surface area contributed by atoms with Gasteiger partial charge in [0.2, 0.25) is 0 Å². The van der Waals surface area contributed by atoms with Gasteiger partial charge in [0.25, 0.3) is 10.0 Å². The molecule has 0 aliphatic heterocycles. The third kappa shape index (κ3) is 4.89. The minimum atomic E-state index is -3.99. The number of anilines is 2. The number of ether oxygens (including phenoxy) is 2. The SMILES string of the molecule is COc1ccc(CN(c2nccs2)S(=O)(=O)c2ccc(N)c(OCC(C)=O)c2)cc1. The first-order chi connectivity index (χ1) is 14.3. The van der Waals surface area contributed by atoms with Crippen LogP contribution in [0.2, 0.25) is 0 Å². The first-order valence-corrected chi connectivity index (χ1v) is 11.2. The van der Waals surface area contributed by atoms with Gasteiger partial charge in [-0.3, -0.25) is 4.79 Å². The van der Waals surface area contributed by atoms with Crippen LogP contribution in [0, 0.1) is 0 Å². The van der Waals surface area contributed by atoms with Crippen molar-refractivity contribution in [3.05, 3.63) is 59.6 Å². The molecule has 1 heterocycles. The number of rotatable bonds is 9. The average molecular weight is 448 g/mol. The lowest BCUT2D eigenvalue weighted by atomic mass is 10.2. The van der Waals surface area contributed by atoms with Gasteiger partial charge in [0.05, 0.1) is 24.2 Å². The van der Waals surface area contributed by atoms with Crippen LogP contribution in [0.25, 0.3) is 0 Å². The van der Waals surface area contributed by atoms with Crippen LogP contribution in [0.5, 0.6) is 11.5 Å². The smallest absolute Gasteiger partial charge is 0.266 e. The molecule has 0 unspecified atom stereocenters. The fourth-order valence-corrected chi connectivity index (χ4v) is 4.89. The van der Waals surface area contributed by atoms with E-state index in [4.69, 9.17) is 15.2 Å². The van der Waals surface area contributed by atoms with Gasteiger partial charge in [0.1, 0.15) is 18.1 Å². The normalized spacial score (nSPS) is 11.1. The molecule has 8 nitrogen and oxygen atoms in total. The van der Waals surface area contributed by atoms with E-state index in [9.17, 15) is 13.2 Å². The largest absolute Gasteiger partial charge is 0.497 e. The average Bonchev–Trinajstić information content (AvgIpc) is 3.25. The summed E-state index contributed by atoms with van der Waals surface area (Å²) in [7, 11) is -2.42. The molecule has 3 rings (SSSR count). The molecule has 0 radical (unpaired) electrons. The molecule has 2 aromatic carbocycles. The van der Waals surface area contributed by atoms with E-state index in [0.29, 0.717) is 10.9 Å². The highest BCUT2D eigenvalue weighted by Gasteiger charge is 2.28. The molecule has 0 saturated heterocycles. The molecule has 30 heavy (non-hydrogen) atoms. The minimum Gasteiger partial charge on any atom is -0.497 e. The molecule has 0 amide bonds. The van der Waals surface area contributed by atoms with Gasteiger partial charge in [-0.25, -0.2) is 17.7 Å². The highest BCUT2D eigenvalue weighted by atomic mass is 32.2. The van der Waals surface area contributed by atoms with Crippen LogP contribution < -0.4 is 19.5 Å². The number of carbonyl (C=O) groups excluding carboxylic acids is 1. The Morgan fingerprint density at radius 2 is 1.93 bits per heavy atom. The van der Waals surface area contributed by atoms with Crippen molar-refractivity contribution < 1.29 is 22.7 Å². The topological polar surface area (TPSA) is 112 Å². The van der Waals surface area contributed by atoms with Crippen molar-refractivity contribution in [1.29, 1.82) is 0 Å². The molecule has 3 aromatic rings. The summed E-state index contributed by atoms with van der Waals surface area (Å²) in [5.74, 6) is 0.606. The summed E-state index contributed by atoms with van der Waals surface area (Å²) < 4.78 is 38.7. The molecular weight excluding hydrogens is 426 g/mol. The number of hydrogen-bond donors (Lipinski definition) is 1. The molecule has 0 atom stereocenters. The van der Waals surface area contributed by atoms with Crippen LogP contribution in [0.3, 0.4) is 0 Å². The molecule has 10 heteroatoms. The van der Waals surface area contributed by atoms with Crippen molar-refractivity contribution in [3.8, 4) is 11.5 Å². The fraction of sp³-hybridized carbons (Fsp3) is 0.200. The van der Waals surface area contributed by atoms with Crippen molar-refractivity contribution in [2.24, 2.45) is 0 Å². The van der Waals surface area contributed by atoms with Gasteiger partial charge in [-0.1, -0.05) is 12.1 Å². The standard InChI is InChI=1S/C20H21N3O5S2/c1-14(24)13-28-19-11-17(7-8-18(19)21)30(25,26)23(20-22-9-10-29-20)12-15-3-5-16(27-2)6-4-15/h3-11H,12-13,21H2,1-2H3. The van der Waals surface area contributed by atoms with Gasteiger partial charge in [0.15, 0.2) is 10.9 Å². The maximum absolute atomic E-state index is 13.5. The van der Waals surface area contributed by atoms with Crippen LogP contribution in [-0.2, 0) is 21.4 Å². The Morgan fingerprint density at radius 3 is 2.53 bits per heavy atom. The summed E-state index contributed by atoms with van der Waals surface area (Å²) in [5.41, 5.74) is 6.88. The zero-order chi connectivity index (χ0) is 21.7. The highest BCUT2D eigenvalue weighted by molar-refractivity contribution is 7.93. The maximum Gasteiger partial charge on any atom is 0.266 e. The van der Waals surface area contributed by atoms with E-state index in [1.165, 1.54) is 40.8 Å². The Kier molecular flexibility index (Phi) is 6.58. The monoisotopic (exact) mass is 447 g/mol. The van der Waals surface area contributed by atoms with E-state index < -0.39 is 10.0 Å². The van der Waals surface area contributed by atoms with Crippen LogP contribution in [-0.4, -0.2) is 32.9 Å². The molecule has 0 aliphatic carbocycles. The third-order valence-corrected chi connectivity index (χ3v) is 6.76. The Hall–Kier alpha value is -3.11. The van der Waals surface area contributed by atoms with Gasteiger partial charge >= 0.3 is 0 Å². The van der Waals surface area contributed by atoms with Crippen molar-refractivity contribution in [2.75, 3.05) is 23.8 Å². The van der Waals surface area contributed by atoms with Crippen molar-refractivity contribution >= 4 is 38.0 Å². The first-order valence-electron chi connectivity index (χ1n) is 8.88. The van der Waals surface area contributed by atoms with E-state index in [1.54, 1.807) is 43.0 Å². The van der Waals surface area contributed by atoms with E-state index in [0.717, 1.165) is 5.56 Å². The van der Waals surface area contributed by atoms with Gasteiger partial charge in [0, 0.05) is 17.6 Å². The first kappa shape index (κ1) is 21.6. The lowest BCUT2D eigenvalue weighted by Gasteiger charge is -2.22. The summed E-state index contributed by atoms with van der Waals surface area (Å²) in [5, 5.41) is 2.03. The number of thiazole rings is 1. The van der Waals surface area contributed by atoms with Crippen molar-refractivity contribution in [3.63, 3.8) is 0 Å². The minimum absolute atomic E-state index is 0.0148. The summed E-state index contributed by atoms with van der Waals surface area (Å²) in [6.07, 6.45) is 1.54. The number of nitrogens with zero attached hydrogens (tertiary/aromatic N) is 2. The van der Waals surface area contributed by atoms with Gasteiger partial charge < -0.3 is 15.2 Å². The van der Waals surface area contributed by atoms with Gasteiger partial charge in [-0.05, 0) is 36.8 Å². The van der Waals surface area contributed by atoms with E-state index in [1.807, 2.05) is 0 Å². The lowest BCUT2D eigenvalue weighted by molar-refractivity contribution is -0.118. The Bertz CT molecular complexity index is 1110. The Morgan fingerprint density at radius 1 is 1.20 bits per heavy atom. The number of sulfonamides is 1. The van der Waals surface area contributed by atoms with Crippen molar-refractivity contribution in [1.82, 2.24) is 4.98 Å². The van der Waals surface area contributed by atoms with Crippen LogP contribution in [0.15, 0.2) is 58.9 Å². The maximum atomic E-state index is 13.5. The van der Waals surface area contributed by atoms with Crippen LogP contribution in [0.1, 0.15) is 12.5 Å². The zero-order valence-electron chi connectivity index (χ0n) is 16.4. The Balaban J connectivity index is 1.98. The van der Waals surface area contributed by atoms with Gasteiger partial charge in [-0.15, -0.1) is 11.3 Å². The second kappa shape index (κ2) is 9.14. The molecule has 1 aromatic heterocycles. The fourth-order valence-electron chi connectivity index (χ4n) is 2.60. The third-order valence-electron chi connectivity index (χ3n) is 4.12. The molecular formula is C20H21N3O5S2. The second-order valence-corrected chi connectivity index (χ2v) is 9.10. The zero-order valence-corrected chi connectivity index (χ0v) is 18.1. The molecule has 0 saturated carbocycles. The van der Waals surface area contributed by atoms with Crippen molar-refractivity contribution in [2.45, 2.75) is 18.4 Å². The molecule has 0 spiro atoms. The number of ketones is 1. The van der Waals surface area contributed by atoms with E-state index >= 15 is 0 Å². The number of nitrogen functional groups attached to an aromatic ring is 1. The number of carbonyl (C=O) groups is 1. The lowest BCUT2D eigenvalue weighted by Crippen LogP contribution is -2.30. The number of Topliss-reactive ketones (excluding diaryl/α,β-unsaturated/α-hetero) is 1. The second-order valence-electron chi connectivity index (χ2n) is 6.36. The number of benzene rings is 2. The summed E-state index contributed by atoms with van der Waals surface area (Å²) in [6.45, 7) is 1.25. The summed E-state index contributed by atoms with van der Waals surface area (Å²) in [6, 6.07) is 11.3. The van der Waals surface area contributed by atoms with Crippen LogP contribution in [0.4, 0.5) is 10.8 Å². The molecule has 0 aliphatic rings. The predicted octanol–water partition coefficient (Wildman–Crippen LogP) is 3.10. The molecule has 0 bridgehead atoms. The predicted molar refractivity (Wildman–Crippen MR) is 116 cm³/mol. The molecule has 158 valence electrons. The summed E-state index contributed by atoms with van der Waals surface area (Å²) in [4.78, 5) is 15.4. The summed E-state index contributed by atoms with van der Waals surface area (Å²) >= 11 is 1.21. The highest BCUT2D eigenvalue weighted by Crippen LogP contribution is 2.31. The quantitative estimate of drug-likeness (QED) is 0.502. The van der Waals surface area contributed by atoms with E-state index in [2.05, 4.69) is 4.98 Å². The molecule has 2 N–H and O–H groups in total. The van der Waals surface area contributed by atoms with Gasteiger partial charge in [-0.2, -0.15) is 0 Å². The van der Waals surface area contributed by atoms with E-state index in [-0.39, 0.29) is 35.3 Å². The number of nitrogens with two attached hydrogens (primary N) is 1. The molecule has 0 fully saturated rings. The Labute approximate surface area is 178 Å². The number of methoxy groups -OCH3 is 1.